The molecule has 3 rings (SSSR count). The van der Waals surface area contributed by atoms with Crippen LogP contribution < -0.4 is 10.6 Å². The van der Waals surface area contributed by atoms with E-state index < -0.39 is 0 Å². The van der Waals surface area contributed by atoms with Crippen LogP contribution in [-0.2, 0) is 11.8 Å². The summed E-state index contributed by atoms with van der Waals surface area (Å²) in [6.45, 7) is 7.11. The Hall–Kier alpha value is -2.95. The number of halogens is 1. The molecule has 1 heterocycles. The number of anilines is 3. The third kappa shape index (κ3) is 5.03. The molecule has 1 aromatic heterocycles. The zero-order valence-corrected chi connectivity index (χ0v) is 16.0. The van der Waals surface area contributed by atoms with Crippen LogP contribution in [0.5, 0.6) is 0 Å². The van der Waals surface area contributed by atoms with E-state index in [1.165, 1.54) is 11.6 Å². The predicted octanol–water partition coefficient (Wildman–Crippen LogP) is 5.31. The van der Waals surface area contributed by atoms with E-state index in [4.69, 9.17) is 0 Å². The minimum atomic E-state index is -0.186. The van der Waals surface area contributed by atoms with Gasteiger partial charge in [-0.3, -0.25) is 0 Å². The fourth-order valence-electron chi connectivity index (χ4n) is 2.91. The molecule has 0 bridgehead atoms. The highest BCUT2D eigenvalue weighted by Crippen LogP contribution is 2.30. The molecule has 0 saturated carbocycles. The standard InChI is InChI=1S/C22H25FN4/c1-22(2,3)17-9-5-7-11-19(17)26-20-13-15-25-21(27-20)24-14-12-16-8-4-6-10-18(16)23/h4-11,13,15H,12,14H2,1-3H3,(H2,24,25,26,27). The van der Waals surface area contributed by atoms with E-state index in [1.54, 1.807) is 18.3 Å². The molecule has 4 nitrogen and oxygen atoms in total. The van der Waals surface area contributed by atoms with Crippen molar-refractivity contribution in [3.8, 4) is 0 Å². The Morgan fingerprint density at radius 1 is 0.963 bits per heavy atom. The lowest BCUT2D eigenvalue weighted by atomic mass is 9.86. The van der Waals surface area contributed by atoms with Crippen LogP contribution in [0.15, 0.2) is 60.8 Å². The van der Waals surface area contributed by atoms with Gasteiger partial charge < -0.3 is 10.6 Å². The van der Waals surface area contributed by atoms with Gasteiger partial charge in [-0.05, 0) is 41.2 Å². The smallest absolute Gasteiger partial charge is 0.224 e. The quantitative estimate of drug-likeness (QED) is 0.622. The minimum Gasteiger partial charge on any atom is -0.354 e. The van der Waals surface area contributed by atoms with Gasteiger partial charge in [-0.2, -0.15) is 4.98 Å². The molecule has 140 valence electrons. The summed E-state index contributed by atoms with van der Waals surface area (Å²) in [6.07, 6.45) is 2.28. The van der Waals surface area contributed by atoms with Crippen molar-refractivity contribution in [1.29, 1.82) is 0 Å². The molecule has 0 radical (unpaired) electrons. The Labute approximate surface area is 159 Å². The number of para-hydroxylation sites is 1. The first-order chi connectivity index (χ1) is 12.9. The van der Waals surface area contributed by atoms with Gasteiger partial charge in [0.25, 0.3) is 0 Å². The topological polar surface area (TPSA) is 49.8 Å². The maximum absolute atomic E-state index is 13.7. The Morgan fingerprint density at radius 2 is 1.70 bits per heavy atom. The van der Waals surface area contributed by atoms with Crippen LogP contribution >= 0.6 is 0 Å². The summed E-state index contributed by atoms with van der Waals surface area (Å²) in [7, 11) is 0. The first-order valence-electron chi connectivity index (χ1n) is 9.10. The molecule has 0 spiro atoms. The van der Waals surface area contributed by atoms with Gasteiger partial charge in [0.15, 0.2) is 0 Å². The van der Waals surface area contributed by atoms with Gasteiger partial charge in [-0.25, -0.2) is 9.37 Å². The average Bonchev–Trinajstić information content (AvgIpc) is 2.63. The molecule has 27 heavy (non-hydrogen) atoms. The molecule has 0 atom stereocenters. The Balaban J connectivity index is 1.67. The average molecular weight is 364 g/mol. The van der Waals surface area contributed by atoms with Crippen molar-refractivity contribution >= 4 is 17.5 Å². The summed E-state index contributed by atoms with van der Waals surface area (Å²) in [5.74, 6) is 1.05. The largest absolute Gasteiger partial charge is 0.354 e. The highest BCUT2D eigenvalue weighted by atomic mass is 19.1. The first-order valence-corrected chi connectivity index (χ1v) is 9.10. The summed E-state index contributed by atoms with van der Waals surface area (Å²) in [6, 6.07) is 16.9. The van der Waals surface area contributed by atoms with Gasteiger partial charge in [0, 0.05) is 18.4 Å². The van der Waals surface area contributed by atoms with E-state index in [2.05, 4.69) is 47.4 Å². The maximum atomic E-state index is 13.7. The Kier molecular flexibility index (Phi) is 5.69. The molecule has 0 unspecified atom stereocenters. The van der Waals surface area contributed by atoms with Gasteiger partial charge in [0.1, 0.15) is 11.6 Å². The highest BCUT2D eigenvalue weighted by Gasteiger charge is 2.17. The number of nitrogens with one attached hydrogen (secondary N) is 2. The third-order valence-electron chi connectivity index (χ3n) is 4.29. The summed E-state index contributed by atoms with van der Waals surface area (Å²) in [4.78, 5) is 8.77. The van der Waals surface area contributed by atoms with Crippen molar-refractivity contribution in [3.63, 3.8) is 0 Å². The number of benzene rings is 2. The van der Waals surface area contributed by atoms with Crippen molar-refractivity contribution in [2.24, 2.45) is 0 Å². The normalized spacial score (nSPS) is 11.3. The van der Waals surface area contributed by atoms with Gasteiger partial charge >= 0.3 is 0 Å². The van der Waals surface area contributed by atoms with Crippen LogP contribution in [-0.4, -0.2) is 16.5 Å². The summed E-state index contributed by atoms with van der Waals surface area (Å²) in [5, 5.41) is 6.55. The monoisotopic (exact) mass is 364 g/mol. The van der Waals surface area contributed by atoms with Crippen LogP contribution in [0.4, 0.5) is 21.8 Å². The predicted molar refractivity (Wildman–Crippen MR) is 109 cm³/mol. The van der Waals surface area contributed by atoms with Crippen molar-refractivity contribution in [2.75, 3.05) is 17.2 Å². The van der Waals surface area contributed by atoms with E-state index in [-0.39, 0.29) is 11.2 Å². The molecule has 0 aliphatic carbocycles. The second kappa shape index (κ2) is 8.16. The number of nitrogens with zero attached hydrogens (tertiary/aromatic N) is 2. The molecule has 5 heteroatoms. The van der Waals surface area contributed by atoms with Crippen LogP contribution in [0.3, 0.4) is 0 Å². The lowest BCUT2D eigenvalue weighted by molar-refractivity contribution is 0.592. The number of hydrogen-bond acceptors (Lipinski definition) is 4. The Morgan fingerprint density at radius 3 is 2.48 bits per heavy atom. The van der Waals surface area contributed by atoms with Gasteiger partial charge in [0.05, 0.1) is 0 Å². The lowest BCUT2D eigenvalue weighted by Gasteiger charge is -2.23. The van der Waals surface area contributed by atoms with Crippen LogP contribution in [0.1, 0.15) is 31.9 Å². The molecule has 3 aromatic rings. The highest BCUT2D eigenvalue weighted by molar-refractivity contribution is 5.62. The second-order valence-corrected chi connectivity index (χ2v) is 7.45. The van der Waals surface area contributed by atoms with E-state index in [9.17, 15) is 4.39 Å². The molecule has 0 aliphatic heterocycles. The zero-order chi connectivity index (χ0) is 19.3. The van der Waals surface area contributed by atoms with Gasteiger partial charge in [-0.15, -0.1) is 0 Å². The SMILES string of the molecule is CC(C)(C)c1ccccc1Nc1ccnc(NCCc2ccccc2F)n1. The zero-order valence-electron chi connectivity index (χ0n) is 16.0. The summed E-state index contributed by atoms with van der Waals surface area (Å²) in [5.41, 5.74) is 2.95. The molecule has 0 amide bonds. The molecule has 0 aliphatic rings. The van der Waals surface area contributed by atoms with E-state index in [0.29, 0.717) is 24.5 Å². The molecular formula is C22H25FN4. The van der Waals surface area contributed by atoms with Crippen molar-refractivity contribution < 1.29 is 4.39 Å². The van der Waals surface area contributed by atoms with Crippen LogP contribution in [0, 0.1) is 5.82 Å². The third-order valence-corrected chi connectivity index (χ3v) is 4.29. The van der Waals surface area contributed by atoms with E-state index in [0.717, 1.165) is 11.5 Å². The van der Waals surface area contributed by atoms with Crippen molar-refractivity contribution in [2.45, 2.75) is 32.6 Å². The summed E-state index contributed by atoms with van der Waals surface area (Å²) < 4.78 is 13.7. The fourth-order valence-corrected chi connectivity index (χ4v) is 2.91. The molecule has 2 aromatic carbocycles. The maximum Gasteiger partial charge on any atom is 0.224 e. The number of hydrogen-bond donors (Lipinski definition) is 2. The van der Waals surface area contributed by atoms with Crippen molar-refractivity contribution in [1.82, 2.24) is 9.97 Å². The Bertz CT molecular complexity index is 903. The minimum absolute atomic E-state index is 0.0253. The first kappa shape index (κ1) is 18.8. The van der Waals surface area contributed by atoms with Crippen LogP contribution in [0.25, 0.3) is 0 Å². The molecular weight excluding hydrogens is 339 g/mol. The number of rotatable bonds is 6. The van der Waals surface area contributed by atoms with Crippen LogP contribution in [0.2, 0.25) is 0 Å². The lowest BCUT2D eigenvalue weighted by Crippen LogP contribution is -2.14. The van der Waals surface area contributed by atoms with Gasteiger partial charge in [-0.1, -0.05) is 57.2 Å². The van der Waals surface area contributed by atoms with Crippen molar-refractivity contribution in [3.05, 3.63) is 77.7 Å². The number of aromatic nitrogens is 2. The molecule has 0 saturated heterocycles. The van der Waals surface area contributed by atoms with Gasteiger partial charge in [0.2, 0.25) is 5.95 Å². The summed E-state index contributed by atoms with van der Waals surface area (Å²) >= 11 is 0. The second-order valence-electron chi connectivity index (χ2n) is 7.45. The van der Waals surface area contributed by atoms with E-state index in [1.807, 2.05) is 30.3 Å². The molecule has 0 fully saturated rings. The molecule has 2 N–H and O–H groups in total. The fraction of sp³-hybridized carbons (Fsp3) is 0.273. The van der Waals surface area contributed by atoms with E-state index >= 15 is 0 Å².